The number of likely N-dealkylation sites (tertiary alicyclic amines) is 1. The number of halogens is 3. The van der Waals surface area contributed by atoms with Gasteiger partial charge in [0, 0.05) is 33.3 Å². The molecular formula is C33H32Cl2FN3O6. The third-order valence-corrected chi connectivity index (χ3v) is 9.81. The largest absolute Gasteiger partial charge is 0.462 e. The van der Waals surface area contributed by atoms with Gasteiger partial charge in [0.2, 0.25) is 6.04 Å². The highest BCUT2D eigenvalue weighted by Crippen LogP contribution is 2.60. The van der Waals surface area contributed by atoms with Gasteiger partial charge in [-0.1, -0.05) is 53.5 Å². The molecule has 0 bridgehead atoms. The highest BCUT2D eigenvalue weighted by Gasteiger charge is 2.71. The van der Waals surface area contributed by atoms with Gasteiger partial charge in [-0.3, -0.25) is 19.8 Å². The Morgan fingerprint density at radius 1 is 1.20 bits per heavy atom. The van der Waals surface area contributed by atoms with Crippen molar-refractivity contribution in [1.82, 2.24) is 4.90 Å². The lowest BCUT2D eigenvalue weighted by atomic mass is 9.73. The van der Waals surface area contributed by atoms with Crippen molar-refractivity contribution in [3.8, 4) is 0 Å². The number of carbonyl (C=O) groups excluding carboxylic acids is 2. The summed E-state index contributed by atoms with van der Waals surface area (Å²) in [5.41, 5.74) is 0.144. The summed E-state index contributed by atoms with van der Waals surface area (Å²) in [5, 5.41) is 27.4. The van der Waals surface area contributed by atoms with Crippen LogP contribution < -0.4 is 5.32 Å². The number of anilines is 1. The standard InChI is InChI=1S/C33H32Cl2FN3O6/c1-2-45-31(41)20-10-8-19(9-11-20)27(40)15-14-26-30(39(43)44)28(22-4-3-5-24(35)29(22)36)33(38(26)17-18-6-7-18)23-13-12-21(34)16-25(23)37-32(33)42/h3-5,8-13,16,18,26-28,30,40H,2,6-7,14-15,17H2,1H3,(H,37,42)/t26-,27-,28-,30+,33+/m0/s1. The average molecular weight is 657 g/mol. The van der Waals surface area contributed by atoms with Gasteiger partial charge in [0.15, 0.2) is 0 Å². The van der Waals surface area contributed by atoms with Crippen LogP contribution in [0.1, 0.15) is 71.7 Å². The highest BCUT2D eigenvalue weighted by atomic mass is 35.5. The Hall–Kier alpha value is -3.57. The first-order chi connectivity index (χ1) is 21.6. The second-order valence-corrected chi connectivity index (χ2v) is 12.7. The average Bonchev–Trinajstić information content (AvgIpc) is 3.73. The van der Waals surface area contributed by atoms with Gasteiger partial charge in [-0.25, -0.2) is 9.18 Å². The summed E-state index contributed by atoms with van der Waals surface area (Å²) in [6.45, 7) is 2.33. The van der Waals surface area contributed by atoms with Crippen molar-refractivity contribution in [2.24, 2.45) is 5.92 Å². The molecular weight excluding hydrogens is 624 g/mol. The van der Waals surface area contributed by atoms with Crippen LogP contribution in [0.4, 0.5) is 10.1 Å². The molecule has 3 aromatic carbocycles. The number of aliphatic hydroxyl groups is 1. The van der Waals surface area contributed by atoms with Crippen LogP contribution in [0.25, 0.3) is 0 Å². The topological polar surface area (TPSA) is 122 Å². The molecule has 2 fully saturated rings. The van der Waals surface area contributed by atoms with E-state index >= 15 is 4.39 Å². The van der Waals surface area contributed by atoms with E-state index in [9.17, 15) is 24.8 Å². The van der Waals surface area contributed by atoms with Crippen LogP contribution in [0.3, 0.4) is 0 Å². The van der Waals surface area contributed by atoms with Crippen LogP contribution in [0, 0.1) is 21.8 Å². The van der Waals surface area contributed by atoms with E-state index in [0.29, 0.717) is 33.9 Å². The summed E-state index contributed by atoms with van der Waals surface area (Å²) >= 11 is 12.5. The second-order valence-electron chi connectivity index (χ2n) is 11.9. The molecule has 45 heavy (non-hydrogen) atoms. The van der Waals surface area contributed by atoms with Crippen LogP contribution in [0.15, 0.2) is 60.7 Å². The lowest BCUT2D eigenvalue weighted by Crippen LogP contribution is -2.52. The molecule has 1 aliphatic carbocycles. The summed E-state index contributed by atoms with van der Waals surface area (Å²) in [6, 6.07) is 13.4. The molecule has 236 valence electrons. The van der Waals surface area contributed by atoms with Crippen molar-refractivity contribution >= 4 is 40.8 Å². The van der Waals surface area contributed by atoms with E-state index in [1.807, 2.05) is 4.90 Å². The van der Waals surface area contributed by atoms with Crippen LogP contribution in [-0.4, -0.2) is 52.0 Å². The van der Waals surface area contributed by atoms with Crippen LogP contribution >= 0.6 is 23.2 Å². The Bertz CT molecular complexity index is 1650. The molecule has 2 heterocycles. The van der Waals surface area contributed by atoms with Gasteiger partial charge in [0.05, 0.1) is 35.3 Å². The number of hydrogen-bond acceptors (Lipinski definition) is 7. The van der Waals surface area contributed by atoms with Gasteiger partial charge < -0.3 is 15.2 Å². The molecule has 3 aliphatic rings. The zero-order valence-electron chi connectivity index (χ0n) is 24.4. The number of nitro groups is 1. The van der Waals surface area contributed by atoms with Crippen molar-refractivity contribution in [2.45, 2.75) is 62.3 Å². The Morgan fingerprint density at radius 2 is 1.93 bits per heavy atom. The fourth-order valence-corrected chi connectivity index (χ4v) is 7.50. The lowest BCUT2D eigenvalue weighted by Gasteiger charge is -2.39. The number of nitrogens with zero attached hydrogens (tertiary/aromatic N) is 2. The quantitative estimate of drug-likeness (QED) is 0.145. The monoisotopic (exact) mass is 655 g/mol. The molecule has 6 rings (SSSR count). The summed E-state index contributed by atoms with van der Waals surface area (Å²) in [6.07, 6.45) is 1.05. The minimum Gasteiger partial charge on any atom is -0.462 e. The molecule has 0 radical (unpaired) electrons. The first kappa shape index (κ1) is 31.4. The molecule has 2 N–H and O–H groups in total. The fraction of sp³-hybridized carbons (Fsp3) is 0.394. The number of ether oxygens (including phenoxy) is 1. The van der Waals surface area contributed by atoms with E-state index in [2.05, 4.69) is 5.32 Å². The third-order valence-electron chi connectivity index (χ3n) is 9.28. The molecule has 1 saturated carbocycles. The van der Waals surface area contributed by atoms with E-state index in [-0.39, 0.29) is 36.0 Å². The number of nitrogens with one attached hydrogen (secondary N) is 1. The molecule has 5 atom stereocenters. The van der Waals surface area contributed by atoms with Crippen molar-refractivity contribution < 1.29 is 28.7 Å². The molecule has 2 aliphatic heterocycles. The van der Waals surface area contributed by atoms with Crippen LogP contribution in [0.5, 0.6) is 0 Å². The Labute approximate surface area is 269 Å². The molecule has 1 spiro atoms. The summed E-state index contributed by atoms with van der Waals surface area (Å²) in [5.74, 6) is -2.80. The molecule has 12 heteroatoms. The maximum atomic E-state index is 15.9. The number of fused-ring (bicyclic) bond motifs is 2. The SMILES string of the molecule is CCOC(=O)c1ccc([C@@H](O)CC[C@H]2[C@@H]([N+](=O)[O-])[C@H](c3cccc(Cl)c3F)[C@]3(C(=O)Nc4cc(Cl)ccc43)N2CC2CC2)cc1. The molecule has 3 aromatic rings. The Morgan fingerprint density at radius 3 is 2.60 bits per heavy atom. The summed E-state index contributed by atoms with van der Waals surface area (Å²) < 4.78 is 20.9. The van der Waals surface area contributed by atoms with Gasteiger partial charge in [-0.2, -0.15) is 0 Å². The minimum absolute atomic E-state index is 0.0134. The highest BCUT2D eigenvalue weighted by molar-refractivity contribution is 6.31. The van der Waals surface area contributed by atoms with Crippen molar-refractivity contribution in [1.29, 1.82) is 0 Å². The molecule has 0 aromatic heterocycles. The maximum Gasteiger partial charge on any atom is 0.338 e. The van der Waals surface area contributed by atoms with E-state index in [0.717, 1.165) is 12.8 Å². The van der Waals surface area contributed by atoms with Crippen LogP contribution in [0.2, 0.25) is 10.0 Å². The number of carbonyl (C=O) groups is 2. The maximum absolute atomic E-state index is 15.9. The van der Waals surface area contributed by atoms with E-state index in [1.165, 1.54) is 18.2 Å². The first-order valence-corrected chi connectivity index (χ1v) is 15.7. The summed E-state index contributed by atoms with van der Waals surface area (Å²) in [4.78, 5) is 40.9. The predicted molar refractivity (Wildman–Crippen MR) is 167 cm³/mol. The van der Waals surface area contributed by atoms with Gasteiger partial charge in [-0.15, -0.1) is 0 Å². The molecule has 0 unspecified atom stereocenters. The Kier molecular flexibility index (Phi) is 8.60. The first-order valence-electron chi connectivity index (χ1n) is 15.0. The van der Waals surface area contributed by atoms with E-state index in [1.54, 1.807) is 49.4 Å². The number of benzene rings is 3. The molecule has 1 saturated heterocycles. The van der Waals surface area contributed by atoms with Gasteiger partial charge in [0.25, 0.3) is 5.91 Å². The van der Waals surface area contributed by atoms with Crippen molar-refractivity contribution in [3.63, 3.8) is 0 Å². The van der Waals surface area contributed by atoms with Gasteiger partial charge in [-0.05, 0) is 74.4 Å². The number of rotatable bonds is 10. The van der Waals surface area contributed by atoms with E-state index < -0.39 is 52.3 Å². The zero-order chi connectivity index (χ0) is 32.0. The second kappa shape index (κ2) is 12.3. The fourth-order valence-electron chi connectivity index (χ4n) is 7.15. The third kappa shape index (κ3) is 5.48. The number of amides is 1. The van der Waals surface area contributed by atoms with Gasteiger partial charge >= 0.3 is 5.97 Å². The van der Waals surface area contributed by atoms with Crippen molar-refractivity contribution in [3.05, 3.63) is 109 Å². The molecule has 9 nitrogen and oxygen atoms in total. The van der Waals surface area contributed by atoms with Gasteiger partial charge in [0.1, 0.15) is 11.4 Å². The smallest absolute Gasteiger partial charge is 0.338 e. The number of hydrogen-bond donors (Lipinski definition) is 2. The van der Waals surface area contributed by atoms with E-state index in [4.69, 9.17) is 27.9 Å². The lowest BCUT2D eigenvalue weighted by molar-refractivity contribution is -0.528. The van der Waals surface area contributed by atoms with Crippen LogP contribution in [-0.2, 0) is 15.1 Å². The molecule has 1 amide bonds. The van der Waals surface area contributed by atoms with Crippen molar-refractivity contribution in [2.75, 3.05) is 18.5 Å². The number of esters is 1. The zero-order valence-corrected chi connectivity index (χ0v) is 25.9. The number of aliphatic hydroxyl groups excluding tert-OH is 1. The predicted octanol–water partition coefficient (Wildman–Crippen LogP) is 6.49. The Balaban J connectivity index is 1.44. The minimum atomic E-state index is -1.62. The normalized spacial score (nSPS) is 24.8. The summed E-state index contributed by atoms with van der Waals surface area (Å²) in [7, 11) is 0.